The monoisotopic (exact) mass is 164 g/mol. The molecular weight excluding hydrogens is 148 g/mol. The van der Waals surface area contributed by atoms with Crippen LogP contribution in [0.25, 0.3) is 0 Å². The van der Waals surface area contributed by atoms with Crippen LogP contribution in [0.5, 0.6) is 0 Å². The van der Waals surface area contributed by atoms with Gasteiger partial charge in [-0.05, 0) is 12.0 Å². The quantitative estimate of drug-likeness (QED) is 0.543. The maximum atomic E-state index is 5.75. The van der Waals surface area contributed by atoms with Crippen molar-refractivity contribution in [2.45, 2.75) is 19.9 Å². The van der Waals surface area contributed by atoms with Crippen molar-refractivity contribution in [3.63, 3.8) is 0 Å². The molecule has 0 atom stereocenters. The van der Waals surface area contributed by atoms with Gasteiger partial charge in [0.25, 0.3) is 0 Å². The highest BCUT2D eigenvalue weighted by Gasteiger charge is 1.97. The van der Waals surface area contributed by atoms with Gasteiger partial charge < -0.3 is 0 Å². The molecule has 0 aromatic heterocycles. The molecule has 0 saturated carbocycles. The Labute approximate surface area is 74.0 Å². The van der Waals surface area contributed by atoms with Crippen molar-refractivity contribution in [3.8, 4) is 0 Å². The molecule has 0 aliphatic rings. The summed E-state index contributed by atoms with van der Waals surface area (Å²) in [5.74, 6) is 5.75. The fourth-order valence-corrected chi connectivity index (χ4v) is 1.18. The lowest BCUT2D eigenvalue weighted by Crippen LogP contribution is -2.30. The summed E-state index contributed by atoms with van der Waals surface area (Å²) in [6, 6.07) is 10.3. The Kier molecular flexibility index (Phi) is 3.77. The van der Waals surface area contributed by atoms with Crippen molar-refractivity contribution in [1.29, 1.82) is 0 Å². The van der Waals surface area contributed by atoms with Gasteiger partial charge in [-0.2, -0.15) is 0 Å². The van der Waals surface area contributed by atoms with Crippen molar-refractivity contribution >= 4 is 0 Å². The molecule has 0 unspecified atom stereocenters. The van der Waals surface area contributed by atoms with Crippen LogP contribution in [0.4, 0.5) is 0 Å². The van der Waals surface area contributed by atoms with E-state index in [1.54, 1.807) is 0 Å². The normalized spacial score (nSPS) is 10.6. The van der Waals surface area contributed by atoms with Crippen LogP contribution in [0.2, 0.25) is 0 Å². The summed E-state index contributed by atoms with van der Waals surface area (Å²) < 4.78 is 0. The van der Waals surface area contributed by atoms with Gasteiger partial charge >= 0.3 is 0 Å². The zero-order chi connectivity index (χ0) is 8.81. The van der Waals surface area contributed by atoms with Crippen molar-refractivity contribution in [3.05, 3.63) is 35.9 Å². The Hall–Kier alpha value is -0.860. The lowest BCUT2D eigenvalue weighted by atomic mass is 10.2. The summed E-state index contributed by atoms with van der Waals surface area (Å²) in [5.41, 5.74) is 1.27. The van der Waals surface area contributed by atoms with Gasteiger partial charge in [0.1, 0.15) is 0 Å². The van der Waals surface area contributed by atoms with Gasteiger partial charge in [-0.15, -0.1) is 0 Å². The predicted octanol–water partition coefficient (Wildman–Crippen LogP) is 1.77. The summed E-state index contributed by atoms with van der Waals surface area (Å²) in [5, 5.41) is 1.84. The minimum atomic E-state index is 0.842. The van der Waals surface area contributed by atoms with Crippen LogP contribution >= 0.6 is 0 Å². The van der Waals surface area contributed by atoms with Gasteiger partial charge in [-0.25, -0.2) is 5.01 Å². The topological polar surface area (TPSA) is 29.3 Å². The van der Waals surface area contributed by atoms with Crippen LogP contribution in [0.3, 0.4) is 0 Å². The molecule has 0 aliphatic carbocycles. The van der Waals surface area contributed by atoms with Crippen LogP contribution in [0, 0.1) is 0 Å². The highest BCUT2D eigenvalue weighted by molar-refractivity contribution is 5.14. The molecule has 2 heteroatoms. The van der Waals surface area contributed by atoms with Gasteiger partial charge in [0.05, 0.1) is 0 Å². The SMILES string of the molecule is CCCN(N)Cc1ccccc1. The Morgan fingerprint density at radius 2 is 1.92 bits per heavy atom. The summed E-state index contributed by atoms with van der Waals surface area (Å²) in [4.78, 5) is 0. The van der Waals surface area contributed by atoms with E-state index >= 15 is 0 Å². The van der Waals surface area contributed by atoms with Crippen molar-refractivity contribution in [1.82, 2.24) is 5.01 Å². The molecule has 2 nitrogen and oxygen atoms in total. The second kappa shape index (κ2) is 4.91. The first-order valence-electron chi connectivity index (χ1n) is 4.36. The number of hydrazine groups is 1. The van der Waals surface area contributed by atoms with Crippen molar-refractivity contribution in [2.24, 2.45) is 5.84 Å². The third-order valence-corrected chi connectivity index (χ3v) is 1.74. The minimum absolute atomic E-state index is 0.842. The largest absolute Gasteiger partial charge is 0.268 e. The number of rotatable bonds is 4. The van der Waals surface area contributed by atoms with E-state index in [0.29, 0.717) is 0 Å². The van der Waals surface area contributed by atoms with E-state index in [0.717, 1.165) is 19.5 Å². The van der Waals surface area contributed by atoms with Crippen LogP contribution in [0.1, 0.15) is 18.9 Å². The van der Waals surface area contributed by atoms with E-state index in [1.165, 1.54) is 5.56 Å². The van der Waals surface area contributed by atoms with E-state index in [4.69, 9.17) is 5.84 Å². The van der Waals surface area contributed by atoms with E-state index in [-0.39, 0.29) is 0 Å². The van der Waals surface area contributed by atoms with E-state index < -0.39 is 0 Å². The first-order chi connectivity index (χ1) is 5.83. The summed E-state index contributed by atoms with van der Waals surface area (Å²) in [6.45, 7) is 3.93. The molecule has 2 N–H and O–H groups in total. The fourth-order valence-electron chi connectivity index (χ4n) is 1.18. The van der Waals surface area contributed by atoms with Crippen molar-refractivity contribution in [2.75, 3.05) is 6.54 Å². The van der Waals surface area contributed by atoms with Crippen molar-refractivity contribution < 1.29 is 0 Å². The first kappa shape index (κ1) is 9.23. The molecule has 0 amide bonds. The maximum absolute atomic E-state index is 5.75. The van der Waals surface area contributed by atoms with E-state index in [2.05, 4.69) is 19.1 Å². The molecule has 0 radical (unpaired) electrons. The average Bonchev–Trinajstić information content (AvgIpc) is 2.06. The number of nitrogens with zero attached hydrogens (tertiary/aromatic N) is 1. The van der Waals surface area contributed by atoms with E-state index in [1.807, 2.05) is 23.2 Å². The lowest BCUT2D eigenvalue weighted by Gasteiger charge is -2.14. The van der Waals surface area contributed by atoms with Crippen LogP contribution in [0.15, 0.2) is 30.3 Å². The Balaban J connectivity index is 2.41. The summed E-state index contributed by atoms with van der Waals surface area (Å²) in [6.07, 6.45) is 1.10. The number of hydrogen-bond donors (Lipinski definition) is 1. The van der Waals surface area contributed by atoms with Gasteiger partial charge in [0.15, 0.2) is 0 Å². The average molecular weight is 164 g/mol. The molecule has 0 bridgehead atoms. The molecule has 12 heavy (non-hydrogen) atoms. The van der Waals surface area contributed by atoms with Gasteiger partial charge in [0.2, 0.25) is 0 Å². The standard InChI is InChI=1S/C10H16N2/c1-2-8-12(11)9-10-6-4-3-5-7-10/h3-7H,2,8-9,11H2,1H3. The maximum Gasteiger partial charge on any atom is 0.0379 e. The highest BCUT2D eigenvalue weighted by atomic mass is 15.4. The molecular formula is C10H16N2. The lowest BCUT2D eigenvalue weighted by molar-refractivity contribution is 0.275. The molecule has 0 heterocycles. The highest BCUT2D eigenvalue weighted by Crippen LogP contribution is 2.00. The second-order valence-electron chi connectivity index (χ2n) is 2.96. The predicted molar refractivity (Wildman–Crippen MR) is 51.3 cm³/mol. The molecule has 0 spiro atoms. The van der Waals surface area contributed by atoms with Crippen LogP contribution in [-0.4, -0.2) is 11.6 Å². The fraction of sp³-hybridized carbons (Fsp3) is 0.400. The minimum Gasteiger partial charge on any atom is -0.268 e. The van der Waals surface area contributed by atoms with Gasteiger partial charge in [-0.1, -0.05) is 37.3 Å². The molecule has 0 fully saturated rings. The first-order valence-corrected chi connectivity index (χ1v) is 4.36. The molecule has 66 valence electrons. The zero-order valence-electron chi connectivity index (χ0n) is 7.53. The summed E-state index contributed by atoms with van der Waals surface area (Å²) in [7, 11) is 0. The Bertz CT molecular complexity index is 208. The second-order valence-corrected chi connectivity index (χ2v) is 2.96. The zero-order valence-corrected chi connectivity index (χ0v) is 7.53. The number of hydrogen-bond acceptors (Lipinski definition) is 2. The van der Waals surface area contributed by atoms with Gasteiger partial charge in [-0.3, -0.25) is 5.84 Å². The summed E-state index contributed by atoms with van der Waals surface area (Å²) >= 11 is 0. The molecule has 1 aromatic rings. The molecule has 1 rings (SSSR count). The third-order valence-electron chi connectivity index (χ3n) is 1.74. The number of nitrogens with two attached hydrogens (primary N) is 1. The van der Waals surface area contributed by atoms with Gasteiger partial charge in [0, 0.05) is 13.1 Å². The Morgan fingerprint density at radius 3 is 2.50 bits per heavy atom. The Morgan fingerprint density at radius 1 is 1.25 bits per heavy atom. The van der Waals surface area contributed by atoms with Crippen LogP contribution < -0.4 is 5.84 Å². The molecule has 0 saturated heterocycles. The smallest absolute Gasteiger partial charge is 0.0379 e. The molecule has 1 aromatic carbocycles. The van der Waals surface area contributed by atoms with Crippen LogP contribution in [-0.2, 0) is 6.54 Å². The third kappa shape index (κ3) is 3.03. The van der Waals surface area contributed by atoms with E-state index in [9.17, 15) is 0 Å². The number of benzene rings is 1. The molecule has 0 aliphatic heterocycles.